The third-order valence-corrected chi connectivity index (χ3v) is 2.92. The molecule has 2 N–H and O–H groups in total. The van der Waals surface area contributed by atoms with Crippen LogP contribution in [0.25, 0.3) is 11.2 Å². The third-order valence-electron chi connectivity index (χ3n) is 2.92. The van der Waals surface area contributed by atoms with Crippen molar-refractivity contribution in [2.75, 3.05) is 0 Å². The number of H-pyrrole nitrogens is 1. The number of fused-ring (bicyclic) bond motifs is 1. The van der Waals surface area contributed by atoms with E-state index in [1.165, 1.54) is 12.3 Å². The van der Waals surface area contributed by atoms with E-state index >= 15 is 0 Å². The number of benzene rings is 1. The van der Waals surface area contributed by atoms with Gasteiger partial charge in [0.25, 0.3) is 0 Å². The number of carbonyl (C=O) groups is 1. The molecule has 0 amide bonds. The summed E-state index contributed by atoms with van der Waals surface area (Å²) in [4.78, 5) is 29.6. The molecule has 3 aromatic rings. The fourth-order valence-corrected chi connectivity index (χ4v) is 1.96. The summed E-state index contributed by atoms with van der Waals surface area (Å²) in [5.74, 6) is -1.05. The minimum absolute atomic E-state index is 0.113. The minimum atomic E-state index is -1.05. The highest BCUT2D eigenvalue weighted by molar-refractivity contribution is 5.98. The van der Waals surface area contributed by atoms with Crippen LogP contribution in [-0.2, 0) is 0 Å². The van der Waals surface area contributed by atoms with Crippen molar-refractivity contribution in [1.29, 1.82) is 0 Å². The minimum Gasteiger partial charge on any atom is -0.478 e. The van der Waals surface area contributed by atoms with Crippen LogP contribution in [0.5, 0.6) is 0 Å². The second-order valence-electron chi connectivity index (χ2n) is 4.25. The van der Waals surface area contributed by atoms with Crippen LogP contribution < -0.4 is 5.69 Å². The number of nitrogens with one attached hydrogen (secondary N) is 1. The quantitative estimate of drug-likeness (QED) is 0.707. The number of imidazole rings is 1. The second kappa shape index (κ2) is 5.04. The lowest BCUT2D eigenvalue weighted by Gasteiger charge is -1.99. The number of aromatic amines is 1. The Labute approximate surface area is 118 Å². The smallest absolute Gasteiger partial charge is 0.348 e. The van der Waals surface area contributed by atoms with Crippen LogP contribution in [0.3, 0.4) is 0 Å². The monoisotopic (exact) mass is 282 g/mol. The molecule has 7 nitrogen and oxygen atoms in total. The Morgan fingerprint density at radius 1 is 1.29 bits per heavy atom. The van der Waals surface area contributed by atoms with Crippen molar-refractivity contribution < 1.29 is 9.90 Å². The topological polar surface area (TPSA) is 100 Å². The number of aromatic carboxylic acids is 1. The van der Waals surface area contributed by atoms with E-state index in [4.69, 9.17) is 5.11 Å². The molecule has 1 aromatic carbocycles. The van der Waals surface area contributed by atoms with E-state index in [0.717, 1.165) is 4.68 Å². The van der Waals surface area contributed by atoms with Gasteiger partial charge in [-0.3, -0.25) is 0 Å². The Bertz CT molecular complexity index is 908. The number of pyridine rings is 1. The number of hydrogen-bond donors (Lipinski definition) is 2. The molecule has 3 rings (SSSR count). The zero-order chi connectivity index (χ0) is 14.8. The van der Waals surface area contributed by atoms with E-state index in [2.05, 4.69) is 15.1 Å². The van der Waals surface area contributed by atoms with Gasteiger partial charge in [-0.1, -0.05) is 18.2 Å². The predicted octanol–water partition coefficient (Wildman–Crippen LogP) is 1.30. The Morgan fingerprint density at radius 3 is 2.90 bits per heavy atom. The Morgan fingerprint density at radius 2 is 2.10 bits per heavy atom. The molecule has 0 fully saturated rings. The van der Waals surface area contributed by atoms with Gasteiger partial charge in [-0.2, -0.15) is 9.78 Å². The summed E-state index contributed by atoms with van der Waals surface area (Å²) < 4.78 is 1.09. The Balaban J connectivity index is 2.09. The molecule has 0 atom stereocenters. The molecule has 0 saturated heterocycles. The Hall–Kier alpha value is -3.22. The number of rotatable bonds is 3. The molecule has 0 aliphatic rings. The van der Waals surface area contributed by atoms with E-state index in [1.54, 1.807) is 36.5 Å². The standard InChI is InChI=1S/C14H10N4O3/c19-13(20)10-5-2-1-4-9(10)8-16-18-12-11(17-14(18)21)6-3-7-15-12/h1-8H,(H,17,21)(H,19,20). The van der Waals surface area contributed by atoms with Gasteiger partial charge in [0.05, 0.1) is 17.3 Å². The van der Waals surface area contributed by atoms with Crippen molar-refractivity contribution in [3.05, 3.63) is 64.2 Å². The van der Waals surface area contributed by atoms with Crippen LogP contribution in [-0.4, -0.2) is 31.9 Å². The first-order valence-corrected chi connectivity index (χ1v) is 6.09. The number of nitrogens with zero attached hydrogens (tertiary/aromatic N) is 3. The van der Waals surface area contributed by atoms with Gasteiger partial charge in [0, 0.05) is 11.8 Å². The number of aromatic nitrogens is 3. The maximum absolute atomic E-state index is 11.8. The first-order chi connectivity index (χ1) is 10.2. The van der Waals surface area contributed by atoms with E-state index < -0.39 is 11.7 Å². The summed E-state index contributed by atoms with van der Waals surface area (Å²) in [7, 11) is 0. The summed E-state index contributed by atoms with van der Waals surface area (Å²) in [6.45, 7) is 0. The van der Waals surface area contributed by atoms with Gasteiger partial charge in [-0.25, -0.2) is 14.6 Å². The summed E-state index contributed by atoms with van der Waals surface area (Å²) in [6, 6.07) is 9.82. The maximum Gasteiger partial charge on any atom is 0.348 e. The first-order valence-electron chi connectivity index (χ1n) is 6.09. The van der Waals surface area contributed by atoms with E-state index in [-0.39, 0.29) is 5.56 Å². The van der Waals surface area contributed by atoms with E-state index in [1.807, 2.05) is 0 Å². The van der Waals surface area contributed by atoms with Gasteiger partial charge >= 0.3 is 11.7 Å². The largest absolute Gasteiger partial charge is 0.478 e. The SMILES string of the molecule is O=C(O)c1ccccc1C=Nn1c(=O)[nH]c2cccnc21. The van der Waals surface area contributed by atoms with E-state index in [0.29, 0.717) is 16.7 Å². The zero-order valence-electron chi connectivity index (χ0n) is 10.7. The number of hydrogen-bond acceptors (Lipinski definition) is 4. The molecule has 104 valence electrons. The van der Waals surface area contributed by atoms with E-state index in [9.17, 15) is 9.59 Å². The van der Waals surface area contributed by atoms with Gasteiger partial charge in [-0.15, -0.1) is 0 Å². The molecule has 0 radical (unpaired) electrons. The van der Waals surface area contributed by atoms with Gasteiger partial charge in [0.1, 0.15) is 0 Å². The highest BCUT2D eigenvalue weighted by atomic mass is 16.4. The summed E-state index contributed by atoms with van der Waals surface area (Å²) in [5, 5.41) is 13.1. The molecule has 2 heterocycles. The number of carboxylic acids is 1. The summed E-state index contributed by atoms with van der Waals surface area (Å²) in [5.41, 5.74) is 1.02. The van der Waals surface area contributed by atoms with Gasteiger partial charge in [0.15, 0.2) is 5.65 Å². The highest BCUT2D eigenvalue weighted by Crippen LogP contribution is 2.08. The molecule has 0 unspecified atom stereocenters. The van der Waals surface area contributed by atoms with Crippen LogP contribution in [0, 0.1) is 0 Å². The predicted molar refractivity (Wildman–Crippen MR) is 76.7 cm³/mol. The Kier molecular flexibility index (Phi) is 3.07. The van der Waals surface area contributed by atoms with Crippen LogP contribution in [0.15, 0.2) is 52.5 Å². The van der Waals surface area contributed by atoms with Crippen LogP contribution in [0.1, 0.15) is 15.9 Å². The van der Waals surface area contributed by atoms with Gasteiger partial charge in [0.2, 0.25) is 0 Å². The average Bonchev–Trinajstić information content (AvgIpc) is 2.81. The molecular weight excluding hydrogens is 272 g/mol. The van der Waals surface area contributed by atoms with Crippen molar-refractivity contribution in [1.82, 2.24) is 14.6 Å². The second-order valence-corrected chi connectivity index (χ2v) is 4.25. The molecule has 0 saturated carbocycles. The van der Waals surface area contributed by atoms with Crippen LogP contribution >= 0.6 is 0 Å². The van der Waals surface area contributed by atoms with Crippen molar-refractivity contribution in [3.63, 3.8) is 0 Å². The van der Waals surface area contributed by atoms with Gasteiger partial charge in [-0.05, 0) is 18.2 Å². The lowest BCUT2D eigenvalue weighted by molar-refractivity contribution is 0.0697. The normalized spacial score (nSPS) is 11.2. The van der Waals surface area contributed by atoms with Crippen molar-refractivity contribution in [3.8, 4) is 0 Å². The molecule has 2 aromatic heterocycles. The molecule has 0 aliphatic heterocycles. The maximum atomic E-state index is 11.8. The molecule has 0 bridgehead atoms. The third kappa shape index (κ3) is 2.32. The highest BCUT2D eigenvalue weighted by Gasteiger charge is 2.08. The first kappa shape index (κ1) is 12.8. The van der Waals surface area contributed by atoms with Crippen LogP contribution in [0.4, 0.5) is 0 Å². The van der Waals surface area contributed by atoms with Crippen molar-refractivity contribution in [2.45, 2.75) is 0 Å². The van der Waals surface area contributed by atoms with Crippen molar-refractivity contribution in [2.24, 2.45) is 5.10 Å². The summed E-state index contributed by atoms with van der Waals surface area (Å²) in [6.07, 6.45) is 2.87. The average molecular weight is 282 g/mol. The summed E-state index contributed by atoms with van der Waals surface area (Å²) >= 11 is 0. The van der Waals surface area contributed by atoms with Crippen molar-refractivity contribution >= 4 is 23.3 Å². The lowest BCUT2D eigenvalue weighted by atomic mass is 10.1. The zero-order valence-corrected chi connectivity index (χ0v) is 10.7. The molecule has 21 heavy (non-hydrogen) atoms. The lowest BCUT2D eigenvalue weighted by Crippen LogP contribution is -2.13. The molecule has 0 spiro atoms. The number of carboxylic acid groups (broad SMARTS) is 1. The molecular formula is C14H10N4O3. The fraction of sp³-hybridized carbons (Fsp3) is 0. The van der Waals surface area contributed by atoms with Gasteiger partial charge < -0.3 is 10.1 Å². The fourth-order valence-electron chi connectivity index (χ4n) is 1.96. The molecule has 7 heteroatoms. The molecule has 0 aliphatic carbocycles. The van der Waals surface area contributed by atoms with Crippen LogP contribution in [0.2, 0.25) is 0 Å².